The Morgan fingerprint density at radius 3 is 1.18 bits per heavy atom. The molecular formula is C24H44N4O6. The van der Waals surface area contributed by atoms with Crippen LogP contribution in [0.3, 0.4) is 0 Å². The van der Waals surface area contributed by atoms with Gasteiger partial charge in [0, 0.05) is 23.2 Å². The fraction of sp³-hybridized carbons (Fsp3) is 0.750. The summed E-state index contributed by atoms with van der Waals surface area (Å²) in [6.07, 6.45) is 1.94. The summed E-state index contributed by atoms with van der Waals surface area (Å²) in [6, 6.07) is -1.51. The molecule has 0 saturated heterocycles. The quantitative estimate of drug-likeness (QED) is 0.278. The summed E-state index contributed by atoms with van der Waals surface area (Å²) < 4.78 is 10.3. The summed E-state index contributed by atoms with van der Waals surface area (Å²) in [6.45, 7) is 18.7. The normalized spacial score (nSPS) is 13.9. The van der Waals surface area contributed by atoms with Crippen molar-refractivity contribution < 1.29 is 28.7 Å². The molecule has 34 heavy (non-hydrogen) atoms. The number of carbonyl (C=O) groups is 4. The first-order valence-electron chi connectivity index (χ1n) is 11.6. The third kappa shape index (κ3) is 15.9. The van der Waals surface area contributed by atoms with Gasteiger partial charge in [0.15, 0.2) is 0 Å². The number of rotatable bonds is 10. The van der Waals surface area contributed by atoms with Gasteiger partial charge in [-0.3, -0.25) is 0 Å². The standard InChI is InChI=1S/C24H44N4O6/c1-15(2)17(25-21(31)27-23(5,6)7)13-33-19(29)11-12-20(30)34-14-18(16(3)4)26-22(32)28-24(8,9)10/h11-12,15-18H,13-14H2,1-10H3,(H2,25,27,31)(H2,26,28,32)/b12-11+/t17-,18-/m0/s1. The van der Waals surface area contributed by atoms with Gasteiger partial charge in [-0.15, -0.1) is 0 Å². The average molecular weight is 485 g/mol. The number of esters is 2. The van der Waals surface area contributed by atoms with E-state index in [-0.39, 0.29) is 37.1 Å². The predicted octanol–water partition coefficient (Wildman–Crippen LogP) is 2.87. The molecule has 0 heterocycles. The van der Waals surface area contributed by atoms with Crippen molar-refractivity contribution in [3.05, 3.63) is 12.2 Å². The number of carbonyl (C=O) groups excluding carboxylic acids is 4. The van der Waals surface area contributed by atoms with Crippen molar-refractivity contribution in [3.63, 3.8) is 0 Å². The zero-order chi connectivity index (χ0) is 26.7. The molecule has 2 atom stereocenters. The second-order valence-corrected chi connectivity index (χ2v) is 11.0. The second kappa shape index (κ2) is 13.8. The summed E-state index contributed by atoms with van der Waals surface area (Å²) >= 11 is 0. The highest BCUT2D eigenvalue weighted by molar-refractivity contribution is 5.91. The van der Waals surface area contributed by atoms with E-state index in [0.29, 0.717) is 0 Å². The maximum absolute atomic E-state index is 12.1. The van der Waals surface area contributed by atoms with E-state index in [0.717, 1.165) is 12.2 Å². The Morgan fingerprint density at radius 2 is 0.941 bits per heavy atom. The lowest BCUT2D eigenvalue weighted by Gasteiger charge is -2.26. The van der Waals surface area contributed by atoms with Gasteiger partial charge in [0.25, 0.3) is 0 Å². The van der Waals surface area contributed by atoms with E-state index in [1.54, 1.807) is 0 Å². The Labute approximate surface area is 204 Å². The fourth-order valence-electron chi connectivity index (χ4n) is 2.47. The van der Waals surface area contributed by atoms with Crippen LogP contribution in [0.15, 0.2) is 12.2 Å². The van der Waals surface area contributed by atoms with Crippen molar-refractivity contribution in [2.75, 3.05) is 13.2 Å². The average Bonchev–Trinajstić information content (AvgIpc) is 2.63. The first kappa shape index (κ1) is 31.2. The van der Waals surface area contributed by atoms with Gasteiger partial charge in [0.05, 0.1) is 12.1 Å². The molecule has 0 aliphatic rings. The lowest BCUT2D eigenvalue weighted by atomic mass is 10.1. The molecule has 0 aromatic heterocycles. The van der Waals surface area contributed by atoms with Gasteiger partial charge in [0.1, 0.15) is 13.2 Å². The summed E-state index contributed by atoms with van der Waals surface area (Å²) in [5.41, 5.74) is -0.794. The third-order valence-electron chi connectivity index (χ3n) is 4.39. The molecule has 0 fully saturated rings. The van der Waals surface area contributed by atoms with Gasteiger partial charge >= 0.3 is 24.0 Å². The topological polar surface area (TPSA) is 135 Å². The molecule has 0 rings (SSSR count). The van der Waals surface area contributed by atoms with Gasteiger partial charge in [-0.1, -0.05) is 27.7 Å². The highest BCUT2D eigenvalue weighted by Gasteiger charge is 2.22. The van der Waals surface area contributed by atoms with Crippen molar-refractivity contribution in [1.29, 1.82) is 0 Å². The molecule has 4 N–H and O–H groups in total. The minimum absolute atomic E-state index is 0.0170. The third-order valence-corrected chi connectivity index (χ3v) is 4.39. The van der Waals surface area contributed by atoms with Gasteiger partial charge < -0.3 is 30.7 Å². The van der Waals surface area contributed by atoms with Crippen LogP contribution in [0.25, 0.3) is 0 Å². The maximum Gasteiger partial charge on any atom is 0.331 e. The summed E-state index contributed by atoms with van der Waals surface area (Å²) in [5, 5.41) is 11.1. The van der Waals surface area contributed by atoms with Crippen LogP contribution in [0.4, 0.5) is 9.59 Å². The summed E-state index contributed by atoms with van der Waals surface area (Å²) in [5.74, 6) is -1.43. The zero-order valence-corrected chi connectivity index (χ0v) is 22.3. The van der Waals surface area contributed by atoms with Crippen LogP contribution in [0.2, 0.25) is 0 Å². The van der Waals surface area contributed by atoms with Gasteiger partial charge in [-0.2, -0.15) is 0 Å². The monoisotopic (exact) mass is 484 g/mol. The minimum atomic E-state index is -0.733. The van der Waals surface area contributed by atoms with Crippen LogP contribution in [0.5, 0.6) is 0 Å². The molecule has 0 bridgehead atoms. The van der Waals surface area contributed by atoms with E-state index in [1.165, 1.54) is 0 Å². The van der Waals surface area contributed by atoms with Crippen LogP contribution < -0.4 is 21.3 Å². The number of urea groups is 2. The van der Waals surface area contributed by atoms with E-state index in [9.17, 15) is 19.2 Å². The smallest absolute Gasteiger partial charge is 0.331 e. The van der Waals surface area contributed by atoms with Crippen LogP contribution >= 0.6 is 0 Å². The van der Waals surface area contributed by atoms with Crippen LogP contribution in [0, 0.1) is 11.8 Å². The first-order valence-corrected chi connectivity index (χ1v) is 11.6. The van der Waals surface area contributed by atoms with Crippen molar-refractivity contribution >= 4 is 24.0 Å². The Bertz CT molecular complexity index is 660. The SMILES string of the molecule is CC(C)[C@H](COC(=O)/C=C/C(=O)OC[C@H](NC(=O)NC(C)(C)C)C(C)C)NC(=O)NC(C)(C)C. The first-order chi connectivity index (χ1) is 15.4. The molecular weight excluding hydrogens is 440 g/mol. The zero-order valence-electron chi connectivity index (χ0n) is 22.3. The van der Waals surface area contributed by atoms with Crippen molar-refractivity contribution in [3.8, 4) is 0 Å². The molecule has 0 radical (unpaired) electrons. The van der Waals surface area contributed by atoms with E-state index in [1.807, 2.05) is 69.2 Å². The molecule has 0 aliphatic heterocycles. The highest BCUT2D eigenvalue weighted by Crippen LogP contribution is 2.06. The van der Waals surface area contributed by atoms with E-state index in [2.05, 4.69) is 21.3 Å². The molecule has 0 aliphatic carbocycles. The number of amides is 4. The minimum Gasteiger partial charge on any atom is -0.460 e. The number of hydrogen-bond acceptors (Lipinski definition) is 6. The summed E-state index contributed by atoms with van der Waals surface area (Å²) in [7, 11) is 0. The van der Waals surface area contributed by atoms with Gasteiger partial charge in [0.2, 0.25) is 0 Å². The largest absolute Gasteiger partial charge is 0.460 e. The summed E-state index contributed by atoms with van der Waals surface area (Å²) in [4.78, 5) is 48.2. The molecule has 0 aromatic carbocycles. The van der Waals surface area contributed by atoms with E-state index in [4.69, 9.17) is 9.47 Å². The van der Waals surface area contributed by atoms with Crippen molar-refractivity contribution in [1.82, 2.24) is 21.3 Å². The predicted molar refractivity (Wildman–Crippen MR) is 131 cm³/mol. The molecule has 0 saturated carbocycles. The van der Waals surface area contributed by atoms with Crippen LogP contribution in [0.1, 0.15) is 69.2 Å². The molecule has 0 unspecified atom stereocenters. The Kier molecular flexibility index (Phi) is 12.7. The Morgan fingerprint density at radius 1 is 0.647 bits per heavy atom. The van der Waals surface area contributed by atoms with E-state index < -0.39 is 35.1 Å². The highest BCUT2D eigenvalue weighted by atomic mass is 16.5. The maximum atomic E-state index is 12.1. The lowest BCUT2D eigenvalue weighted by Crippen LogP contribution is -2.52. The molecule has 10 heteroatoms. The molecule has 0 spiro atoms. The molecule has 0 aromatic rings. The Hall–Kier alpha value is -2.78. The van der Waals surface area contributed by atoms with Gasteiger partial charge in [-0.25, -0.2) is 19.2 Å². The Balaban J connectivity index is 4.64. The fourth-order valence-corrected chi connectivity index (χ4v) is 2.47. The molecule has 10 nitrogen and oxygen atoms in total. The second-order valence-electron chi connectivity index (χ2n) is 11.0. The van der Waals surface area contributed by atoms with Crippen LogP contribution in [-0.4, -0.2) is 60.4 Å². The van der Waals surface area contributed by atoms with Crippen molar-refractivity contribution in [2.45, 2.75) is 92.4 Å². The molecule has 196 valence electrons. The lowest BCUT2D eigenvalue weighted by molar-refractivity contribution is -0.141. The molecule has 4 amide bonds. The number of nitrogens with one attached hydrogen (secondary N) is 4. The van der Waals surface area contributed by atoms with Crippen LogP contribution in [-0.2, 0) is 19.1 Å². The number of hydrogen-bond donors (Lipinski definition) is 4. The van der Waals surface area contributed by atoms with Gasteiger partial charge in [-0.05, 0) is 53.4 Å². The van der Waals surface area contributed by atoms with Crippen molar-refractivity contribution in [2.24, 2.45) is 11.8 Å². The number of ether oxygens (including phenoxy) is 2. The van der Waals surface area contributed by atoms with E-state index >= 15 is 0 Å².